The van der Waals surface area contributed by atoms with Crippen LogP contribution in [-0.2, 0) is 0 Å². The van der Waals surface area contributed by atoms with Gasteiger partial charge in [0.2, 0.25) is 5.89 Å². The summed E-state index contributed by atoms with van der Waals surface area (Å²) >= 11 is 0.996. The van der Waals surface area contributed by atoms with Crippen molar-refractivity contribution in [2.75, 3.05) is 5.73 Å². The molecule has 0 saturated heterocycles. The molecule has 17 heavy (non-hydrogen) atoms. The van der Waals surface area contributed by atoms with Crippen LogP contribution in [0.4, 0.5) is 14.5 Å². The van der Waals surface area contributed by atoms with Crippen LogP contribution < -0.4 is 5.73 Å². The standard InChI is InChI=1S/C10H9F2N3OS/c1-5-14-15-10(16-5)17-8-3-2-6(13)4-7(8)9(11)12/h2-4,9H,13H2,1H3. The highest BCUT2D eigenvalue weighted by molar-refractivity contribution is 7.99. The maximum absolute atomic E-state index is 12.8. The molecule has 0 amide bonds. The number of aryl methyl sites for hydroxylation is 1. The summed E-state index contributed by atoms with van der Waals surface area (Å²) in [6.07, 6.45) is -2.59. The van der Waals surface area contributed by atoms with Gasteiger partial charge in [-0.15, -0.1) is 10.2 Å². The van der Waals surface area contributed by atoms with Crippen LogP contribution in [0.5, 0.6) is 0 Å². The van der Waals surface area contributed by atoms with Gasteiger partial charge in [-0.2, -0.15) is 0 Å². The molecule has 1 heterocycles. The van der Waals surface area contributed by atoms with E-state index in [4.69, 9.17) is 10.2 Å². The average Bonchev–Trinajstić information content (AvgIpc) is 2.66. The number of anilines is 1. The quantitative estimate of drug-likeness (QED) is 0.856. The SMILES string of the molecule is Cc1nnc(Sc2ccc(N)cc2C(F)F)o1. The molecule has 2 N–H and O–H groups in total. The van der Waals surface area contributed by atoms with E-state index in [9.17, 15) is 8.78 Å². The second-order valence-corrected chi connectivity index (χ2v) is 4.28. The molecule has 0 atom stereocenters. The van der Waals surface area contributed by atoms with Crippen molar-refractivity contribution in [3.05, 3.63) is 29.7 Å². The van der Waals surface area contributed by atoms with Crippen LogP contribution in [0.25, 0.3) is 0 Å². The van der Waals surface area contributed by atoms with Gasteiger partial charge in [0.1, 0.15) is 0 Å². The molecule has 7 heteroatoms. The summed E-state index contributed by atoms with van der Waals surface area (Å²) in [6, 6.07) is 4.31. The zero-order valence-corrected chi connectivity index (χ0v) is 9.67. The molecule has 0 fully saturated rings. The van der Waals surface area contributed by atoms with Crippen molar-refractivity contribution in [1.82, 2.24) is 10.2 Å². The Morgan fingerprint density at radius 2 is 2.12 bits per heavy atom. The number of nitrogens with two attached hydrogens (primary N) is 1. The number of benzene rings is 1. The van der Waals surface area contributed by atoms with Gasteiger partial charge in [-0.1, -0.05) is 0 Å². The van der Waals surface area contributed by atoms with Gasteiger partial charge in [-0.3, -0.25) is 0 Å². The van der Waals surface area contributed by atoms with Gasteiger partial charge in [-0.05, 0) is 30.0 Å². The summed E-state index contributed by atoms with van der Waals surface area (Å²) in [7, 11) is 0. The number of hydrogen-bond donors (Lipinski definition) is 1. The molecule has 1 aromatic heterocycles. The number of nitrogen functional groups attached to an aromatic ring is 1. The highest BCUT2D eigenvalue weighted by atomic mass is 32.2. The van der Waals surface area contributed by atoms with Crippen LogP contribution in [0.2, 0.25) is 0 Å². The fraction of sp³-hybridized carbons (Fsp3) is 0.200. The van der Waals surface area contributed by atoms with Crippen molar-refractivity contribution in [3.8, 4) is 0 Å². The van der Waals surface area contributed by atoms with Gasteiger partial charge in [-0.25, -0.2) is 8.78 Å². The number of hydrogen-bond acceptors (Lipinski definition) is 5. The number of rotatable bonds is 3. The Morgan fingerprint density at radius 3 is 2.71 bits per heavy atom. The predicted molar refractivity (Wildman–Crippen MR) is 59.0 cm³/mol. The second kappa shape index (κ2) is 4.70. The van der Waals surface area contributed by atoms with E-state index >= 15 is 0 Å². The minimum absolute atomic E-state index is 0.133. The first-order chi connectivity index (χ1) is 8.06. The number of alkyl halides is 2. The summed E-state index contributed by atoms with van der Waals surface area (Å²) in [4.78, 5) is 0.359. The third kappa shape index (κ3) is 2.73. The molecule has 0 radical (unpaired) electrons. The molecule has 0 aliphatic heterocycles. The molecular weight excluding hydrogens is 248 g/mol. The van der Waals surface area contributed by atoms with Crippen LogP contribution in [-0.4, -0.2) is 10.2 Å². The largest absolute Gasteiger partial charge is 0.416 e. The summed E-state index contributed by atoms with van der Waals surface area (Å²) in [6.45, 7) is 1.63. The minimum atomic E-state index is -2.59. The molecule has 90 valence electrons. The lowest BCUT2D eigenvalue weighted by Gasteiger charge is -2.06. The van der Waals surface area contributed by atoms with Crippen molar-refractivity contribution < 1.29 is 13.2 Å². The van der Waals surface area contributed by atoms with E-state index < -0.39 is 6.43 Å². The fourth-order valence-corrected chi connectivity index (χ4v) is 2.08. The Balaban J connectivity index is 2.32. The first-order valence-electron chi connectivity index (χ1n) is 4.72. The Hall–Kier alpha value is -1.63. The molecule has 2 aromatic rings. The first kappa shape index (κ1) is 11.8. The molecule has 1 aromatic carbocycles. The summed E-state index contributed by atoms with van der Waals surface area (Å²) in [5.41, 5.74) is 5.63. The highest BCUT2D eigenvalue weighted by Crippen LogP contribution is 2.35. The Morgan fingerprint density at radius 1 is 1.35 bits per heavy atom. The van der Waals surface area contributed by atoms with Crippen molar-refractivity contribution in [1.29, 1.82) is 0 Å². The van der Waals surface area contributed by atoms with Gasteiger partial charge < -0.3 is 10.2 Å². The van der Waals surface area contributed by atoms with E-state index in [0.29, 0.717) is 16.5 Å². The van der Waals surface area contributed by atoms with Gasteiger partial charge in [0.05, 0.1) is 0 Å². The first-order valence-corrected chi connectivity index (χ1v) is 5.53. The van der Waals surface area contributed by atoms with Gasteiger partial charge in [0.15, 0.2) is 0 Å². The van der Waals surface area contributed by atoms with Crippen LogP contribution in [0.1, 0.15) is 17.9 Å². The van der Waals surface area contributed by atoms with Gasteiger partial charge >= 0.3 is 0 Å². The third-order valence-corrected chi connectivity index (χ3v) is 2.91. The molecular formula is C10H9F2N3OS. The smallest absolute Gasteiger partial charge is 0.281 e. The lowest BCUT2D eigenvalue weighted by Crippen LogP contribution is -1.92. The summed E-state index contributed by atoms with van der Waals surface area (Å²) < 4.78 is 30.7. The lowest BCUT2D eigenvalue weighted by molar-refractivity contribution is 0.148. The Kier molecular flexibility index (Phi) is 3.28. The van der Waals surface area contributed by atoms with Crippen LogP contribution in [0.15, 0.2) is 32.7 Å². The van der Waals surface area contributed by atoms with Gasteiger partial charge in [0, 0.05) is 23.1 Å². The second-order valence-electron chi connectivity index (χ2n) is 3.29. The van der Waals surface area contributed by atoms with E-state index in [1.165, 1.54) is 12.1 Å². The predicted octanol–water partition coefficient (Wildman–Crippen LogP) is 3.05. The van der Waals surface area contributed by atoms with E-state index in [2.05, 4.69) is 10.2 Å². The number of aromatic nitrogens is 2. The summed E-state index contributed by atoms with van der Waals surface area (Å²) in [5.74, 6) is 0.390. The van der Waals surface area contributed by atoms with Crippen molar-refractivity contribution >= 4 is 17.4 Å². The van der Waals surface area contributed by atoms with Crippen molar-refractivity contribution in [2.24, 2.45) is 0 Å². The lowest BCUT2D eigenvalue weighted by atomic mass is 10.2. The van der Waals surface area contributed by atoms with E-state index in [-0.39, 0.29) is 10.8 Å². The molecule has 0 bridgehead atoms. The van der Waals surface area contributed by atoms with Crippen molar-refractivity contribution in [3.63, 3.8) is 0 Å². The molecule has 0 unspecified atom stereocenters. The summed E-state index contributed by atoms with van der Waals surface area (Å²) in [5, 5.41) is 7.59. The van der Waals surface area contributed by atoms with Gasteiger partial charge in [0.25, 0.3) is 11.6 Å². The highest BCUT2D eigenvalue weighted by Gasteiger charge is 2.16. The maximum Gasteiger partial charge on any atom is 0.281 e. The molecule has 0 aliphatic rings. The maximum atomic E-state index is 12.8. The normalized spacial score (nSPS) is 11.1. The number of halogens is 2. The molecule has 0 saturated carbocycles. The molecule has 0 spiro atoms. The number of nitrogens with zero attached hydrogens (tertiary/aromatic N) is 2. The van der Waals surface area contributed by atoms with Crippen LogP contribution >= 0.6 is 11.8 Å². The van der Waals surface area contributed by atoms with E-state index in [1.807, 2.05) is 0 Å². The zero-order valence-electron chi connectivity index (χ0n) is 8.85. The zero-order chi connectivity index (χ0) is 12.4. The van der Waals surface area contributed by atoms with E-state index in [1.54, 1.807) is 13.0 Å². The topological polar surface area (TPSA) is 64.9 Å². The van der Waals surface area contributed by atoms with E-state index in [0.717, 1.165) is 11.8 Å². The minimum Gasteiger partial charge on any atom is -0.416 e. The monoisotopic (exact) mass is 257 g/mol. The Bertz CT molecular complexity index is 530. The average molecular weight is 257 g/mol. The molecule has 4 nitrogen and oxygen atoms in total. The molecule has 2 rings (SSSR count). The molecule has 0 aliphatic carbocycles. The van der Waals surface area contributed by atoms with Crippen molar-refractivity contribution in [2.45, 2.75) is 23.5 Å². The fourth-order valence-electron chi connectivity index (χ4n) is 1.24. The Labute approximate surface area is 100 Å². The third-order valence-electron chi connectivity index (χ3n) is 1.97. The van der Waals surface area contributed by atoms with Crippen LogP contribution in [0, 0.1) is 6.92 Å². The van der Waals surface area contributed by atoms with Crippen LogP contribution in [0.3, 0.4) is 0 Å².